The van der Waals surface area contributed by atoms with Crippen LogP contribution in [0.2, 0.25) is 0 Å². The van der Waals surface area contributed by atoms with Crippen molar-refractivity contribution in [1.82, 2.24) is 4.98 Å². The van der Waals surface area contributed by atoms with E-state index in [1.54, 1.807) is 0 Å². The Hall–Kier alpha value is -1.93. The summed E-state index contributed by atoms with van der Waals surface area (Å²) in [6.07, 6.45) is -8.15. The van der Waals surface area contributed by atoms with Crippen LogP contribution < -0.4 is 4.74 Å². The van der Waals surface area contributed by atoms with E-state index in [1.807, 2.05) is 0 Å². The number of carbonyl (C=O) groups is 1. The number of hydrogen-bond donors (Lipinski definition) is 0. The minimum Gasteiger partial charge on any atom is -0.496 e. The zero-order chi connectivity index (χ0) is 14.8. The van der Waals surface area contributed by atoms with E-state index in [0.29, 0.717) is 6.07 Å². The van der Waals surface area contributed by atoms with Gasteiger partial charge in [-0.1, -0.05) is 0 Å². The Balaban J connectivity index is 3.62. The largest absolute Gasteiger partial charge is 0.496 e. The molecule has 1 rings (SSSR count). The van der Waals surface area contributed by atoms with Crippen molar-refractivity contribution in [3.63, 3.8) is 0 Å². The molecule has 106 valence electrons. The van der Waals surface area contributed by atoms with Crippen LogP contribution >= 0.6 is 0 Å². The molecule has 0 unspecified atom stereocenters. The molecule has 1 aromatic heterocycles. The van der Waals surface area contributed by atoms with E-state index in [4.69, 9.17) is 0 Å². The number of aromatic nitrogens is 1. The first kappa shape index (κ1) is 15.1. The van der Waals surface area contributed by atoms with Crippen LogP contribution in [0.25, 0.3) is 0 Å². The van der Waals surface area contributed by atoms with Gasteiger partial charge in [0.15, 0.2) is 5.69 Å². The molecular formula is C10H8F5NO3. The lowest BCUT2D eigenvalue weighted by Crippen LogP contribution is -2.19. The standard InChI is InChI=1S/C10H8F5NO3/c1-18-5-3-4(8(11)12)16-7(9(17)19-2)6(5)10(13,14)15/h3,8H,1-2H3. The van der Waals surface area contributed by atoms with Crippen molar-refractivity contribution in [3.8, 4) is 5.75 Å². The van der Waals surface area contributed by atoms with E-state index in [9.17, 15) is 26.7 Å². The molecule has 1 heterocycles. The van der Waals surface area contributed by atoms with Gasteiger partial charge in [0.25, 0.3) is 6.43 Å². The van der Waals surface area contributed by atoms with Crippen molar-refractivity contribution in [3.05, 3.63) is 23.0 Å². The molecule has 0 radical (unpaired) electrons. The molecule has 0 aliphatic rings. The predicted octanol–water partition coefficient (Wildman–Crippen LogP) is 2.83. The van der Waals surface area contributed by atoms with Gasteiger partial charge in [0, 0.05) is 6.07 Å². The molecule has 0 aromatic carbocycles. The Kier molecular flexibility index (Phi) is 4.28. The molecule has 19 heavy (non-hydrogen) atoms. The molecule has 9 heteroatoms. The van der Waals surface area contributed by atoms with Gasteiger partial charge in [-0.3, -0.25) is 0 Å². The number of esters is 1. The normalized spacial score (nSPS) is 11.6. The summed E-state index contributed by atoms with van der Waals surface area (Å²) in [5.41, 5.74) is -3.82. The number of alkyl halides is 5. The van der Waals surface area contributed by atoms with Crippen LogP contribution in [0.1, 0.15) is 28.2 Å². The molecule has 0 fully saturated rings. The Bertz CT molecular complexity index is 487. The summed E-state index contributed by atoms with van der Waals surface area (Å²) in [5.74, 6) is -2.40. The van der Waals surface area contributed by atoms with E-state index in [0.717, 1.165) is 14.2 Å². The van der Waals surface area contributed by atoms with Crippen LogP contribution in [0.5, 0.6) is 5.75 Å². The SMILES string of the molecule is COC(=O)c1nc(C(F)F)cc(OC)c1C(F)(F)F. The monoisotopic (exact) mass is 285 g/mol. The van der Waals surface area contributed by atoms with Gasteiger partial charge in [0.2, 0.25) is 0 Å². The molecule has 4 nitrogen and oxygen atoms in total. The maximum atomic E-state index is 12.8. The fourth-order valence-corrected chi connectivity index (χ4v) is 1.33. The number of carbonyl (C=O) groups excluding carboxylic acids is 1. The third-order valence-electron chi connectivity index (χ3n) is 2.11. The Labute approximate surface area is 104 Å². The average molecular weight is 285 g/mol. The number of halogens is 5. The highest BCUT2D eigenvalue weighted by molar-refractivity contribution is 5.90. The number of methoxy groups -OCH3 is 2. The first-order valence-electron chi connectivity index (χ1n) is 4.75. The average Bonchev–Trinajstić information content (AvgIpc) is 2.34. The lowest BCUT2D eigenvalue weighted by Gasteiger charge is -2.16. The summed E-state index contributed by atoms with van der Waals surface area (Å²) in [7, 11) is 1.67. The number of nitrogens with zero attached hydrogens (tertiary/aromatic N) is 1. The molecule has 1 aromatic rings. The maximum absolute atomic E-state index is 12.8. The van der Waals surface area contributed by atoms with Gasteiger partial charge in [-0.05, 0) is 0 Å². The van der Waals surface area contributed by atoms with Crippen molar-refractivity contribution >= 4 is 5.97 Å². The molecule has 0 saturated heterocycles. The number of ether oxygens (including phenoxy) is 2. The smallest absolute Gasteiger partial charge is 0.422 e. The predicted molar refractivity (Wildman–Crippen MR) is 52.1 cm³/mol. The maximum Gasteiger partial charge on any atom is 0.422 e. The molecule has 0 aliphatic heterocycles. The van der Waals surface area contributed by atoms with Crippen molar-refractivity contribution in [2.45, 2.75) is 12.6 Å². The summed E-state index contributed by atoms with van der Waals surface area (Å²) in [5, 5.41) is 0. The van der Waals surface area contributed by atoms with Gasteiger partial charge in [0.1, 0.15) is 17.0 Å². The molecule has 0 aliphatic carbocycles. The lowest BCUT2D eigenvalue weighted by atomic mass is 10.1. The van der Waals surface area contributed by atoms with E-state index in [-0.39, 0.29) is 0 Å². The summed E-state index contributed by atoms with van der Waals surface area (Å²) in [6.45, 7) is 0. The molecular weight excluding hydrogens is 277 g/mol. The topological polar surface area (TPSA) is 48.4 Å². The molecule has 0 atom stereocenters. The van der Waals surface area contributed by atoms with Gasteiger partial charge in [-0.15, -0.1) is 0 Å². The Morgan fingerprint density at radius 1 is 1.32 bits per heavy atom. The van der Waals surface area contributed by atoms with E-state index >= 15 is 0 Å². The summed E-state index contributed by atoms with van der Waals surface area (Å²) in [6, 6.07) is 0.430. The van der Waals surface area contributed by atoms with Crippen LogP contribution in [-0.4, -0.2) is 25.2 Å². The molecule has 0 spiro atoms. The summed E-state index contributed by atoms with van der Waals surface area (Å²) >= 11 is 0. The lowest BCUT2D eigenvalue weighted by molar-refractivity contribution is -0.139. The number of pyridine rings is 1. The summed E-state index contributed by atoms with van der Waals surface area (Å²) in [4.78, 5) is 14.2. The highest BCUT2D eigenvalue weighted by atomic mass is 19.4. The third-order valence-corrected chi connectivity index (χ3v) is 2.11. The van der Waals surface area contributed by atoms with Crippen molar-refractivity contribution in [1.29, 1.82) is 0 Å². The van der Waals surface area contributed by atoms with Crippen LogP contribution in [0, 0.1) is 0 Å². The third kappa shape index (κ3) is 3.09. The Morgan fingerprint density at radius 2 is 1.89 bits per heavy atom. The molecule has 0 bridgehead atoms. The fourth-order valence-electron chi connectivity index (χ4n) is 1.33. The van der Waals surface area contributed by atoms with E-state index < -0.39 is 41.3 Å². The van der Waals surface area contributed by atoms with Gasteiger partial charge in [0.05, 0.1) is 14.2 Å². The molecule has 0 amide bonds. The van der Waals surface area contributed by atoms with Crippen LogP contribution in [-0.2, 0) is 10.9 Å². The van der Waals surface area contributed by atoms with Crippen LogP contribution in [0.4, 0.5) is 22.0 Å². The molecule has 0 N–H and O–H groups in total. The van der Waals surface area contributed by atoms with Gasteiger partial charge in [-0.25, -0.2) is 18.6 Å². The van der Waals surface area contributed by atoms with E-state index in [1.165, 1.54) is 0 Å². The first-order valence-corrected chi connectivity index (χ1v) is 4.75. The Morgan fingerprint density at radius 3 is 2.26 bits per heavy atom. The fraction of sp³-hybridized carbons (Fsp3) is 0.400. The van der Waals surface area contributed by atoms with Crippen molar-refractivity contribution in [2.24, 2.45) is 0 Å². The number of hydrogen-bond acceptors (Lipinski definition) is 4. The zero-order valence-electron chi connectivity index (χ0n) is 9.72. The molecule has 0 saturated carbocycles. The minimum atomic E-state index is -5.00. The van der Waals surface area contributed by atoms with Gasteiger partial charge >= 0.3 is 12.1 Å². The van der Waals surface area contributed by atoms with Crippen molar-refractivity contribution in [2.75, 3.05) is 14.2 Å². The van der Waals surface area contributed by atoms with Gasteiger partial charge in [-0.2, -0.15) is 13.2 Å². The zero-order valence-corrected chi connectivity index (χ0v) is 9.72. The van der Waals surface area contributed by atoms with E-state index in [2.05, 4.69) is 14.5 Å². The quantitative estimate of drug-likeness (QED) is 0.633. The minimum absolute atomic E-state index is 0.430. The highest BCUT2D eigenvalue weighted by Crippen LogP contribution is 2.39. The highest BCUT2D eigenvalue weighted by Gasteiger charge is 2.41. The second-order valence-corrected chi connectivity index (χ2v) is 3.26. The first-order chi connectivity index (χ1) is 8.72. The summed E-state index contributed by atoms with van der Waals surface area (Å²) < 4.78 is 71.9. The van der Waals surface area contributed by atoms with Gasteiger partial charge < -0.3 is 9.47 Å². The number of rotatable bonds is 3. The second kappa shape index (κ2) is 5.37. The van der Waals surface area contributed by atoms with Crippen LogP contribution in [0.15, 0.2) is 6.07 Å². The second-order valence-electron chi connectivity index (χ2n) is 3.26. The van der Waals surface area contributed by atoms with Crippen LogP contribution in [0.3, 0.4) is 0 Å². The van der Waals surface area contributed by atoms with Crippen molar-refractivity contribution < 1.29 is 36.2 Å².